The van der Waals surface area contributed by atoms with Gasteiger partial charge in [-0.15, -0.1) is 10.2 Å². The van der Waals surface area contributed by atoms with E-state index in [-0.39, 0.29) is 12.2 Å². The van der Waals surface area contributed by atoms with Gasteiger partial charge in [0, 0.05) is 11.1 Å². The summed E-state index contributed by atoms with van der Waals surface area (Å²) in [7, 11) is 0. The normalized spacial score (nSPS) is 11.7. The van der Waals surface area contributed by atoms with Gasteiger partial charge in [0.05, 0.1) is 24.6 Å². The van der Waals surface area contributed by atoms with Gasteiger partial charge in [0.15, 0.2) is 0 Å². The number of nitrogens with zero attached hydrogens (tertiary/aromatic N) is 5. The van der Waals surface area contributed by atoms with Crippen LogP contribution in [0, 0.1) is 0 Å². The van der Waals surface area contributed by atoms with E-state index in [4.69, 9.17) is 9.47 Å². The number of hydrogen-bond acceptors (Lipinski definition) is 7. The molecule has 0 atom stereocenters. The maximum atomic E-state index is 5.82. The fraction of sp³-hybridized carbons (Fsp3) is 0.273. The van der Waals surface area contributed by atoms with Crippen molar-refractivity contribution < 1.29 is 9.47 Å². The SMILES string of the molecule is CC(C)Oc1ccccc1C=NNc1nncn1N=Cc1ccccc1OC(C)C. The molecule has 0 bridgehead atoms. The van der Waals surface area contributed by atoms with Crippen LogP contribution in [0.25, 0.3) is 0 Å². The quantitative estimate of drug-likeness (QED) is 0.426. The minimum absolute atomic E-state index is 0.0728. The highest BCUT2D eigenvalue weighted by Gasteiger charge is 2.06. The molecule has 1 heterocycles. The van der Waals surface area contributed by atoms with Crippen LogP contribution in [0.5, 0.6) is 11.5 Å². The van der Waals surface area contributed by atoms with Crippen LogP contribution in [0.4, 0.5) is 5.95 Å². The number of rotatable bonds is 9. The molecule has 156 valence electrons. The van der Waals surface area contributed by atoms with Gasteiger partial charge < -0.3 is 9.47 Å². The highest BCUT2D eigenvalue weighted by Crippen LogP contribution is 2.18. The number of hydrogen-bond donors (Lipinski definition) is 1. The number of ether oxygens (including phenoxy) is 2. The average Bonchev–Trinajstić information content (AvgIpc) is 3.15. The van der Waals surface area contributed by atoms with E-state index in [1.165, 1.54) is 11.0 Å². The van der Waals surface area contributed by atoms with E-state index in [1.54, 1.807) is 12.4 Å². The zero-order valence-corrected chi connectivity index (χ0v) is 17.6. The predicted octanol–water partition coefficient (Wildman–Crippen LogP) is 4.18. The first kappa shape index (κ1) is 21.0. The first-order valence-corrected chi connectivity index (χ1v) is 9.77. The molecule has 0 unspecified atom stereocenters. The third-order valence-corrected chi connectivity index (χ3v) is 3.78. The molecule has 0 aliphatic rings. The lowest BCUT2D eigenvalue weighted by atomic mass is 10.2. The molecule has 2 aromatic carbocycles. The van der Waals surface area contributed by atoms with Gasteiger partial charge >= 0.3 is 0 Å². The molecule has 0 amide bonds. The lowest BCUT2D eigenvalue weighted by molar-refractivity contribution is 0.242. The van der Waals surface area contributed by atoms with Crippen molar-refractivity contribution >= 4 is 18.4 Å². The number of nitrogens with one attached hydrogen (secondary N) is 1. The van der Waals surface area contributed by atoms with E-state index in [0.717, 1.165) is 22.6 Å². The Labute approximate surface area is 176 Å². The molecule has 8 nitrogen and oxygen atoms in total. The Balaban J connectivity index is 1.72. The molecule has 3 aromatic rings. The van der Waals surface area contributed by atoms with E-state index in [1.807, 2.05) is 76.2 Å². The van der Waals surface area contributed by atoms with E-state index < -0.39 is 0 Å². The van der Waals surface area contributed by atoms with Gasteiger partial charge in [-0.1, -0.05) is 24.3 Å². The van der Waals surface area contributed by atoms with Crippen LogP contribution in [-0.2, 0) is 0 Å². The largest absolute Gasteiger partial charge is 0.490 e. The van der Waals surface area contributed by atoms with Crippen molar-refractivity contribution in [3.63, 3.8) is 0 Å². The van der Waals surface area contributed by atoms with Crippen molar-refractivity contribution in [1.29, 1.82) is 0 Å². The van der Waals surface area contributed by atoms with E-state index in [0.29, 0.717) is 5.95 Å². The van der Waals surface area contributed by atoms with Crippen molar-refractivity contribution in [1.82, 2.24) is 14.9 Å². The lowest BCUT2D eigenvalue weighted by Crippen LogP contribution is -2.07. The number of anilines is 1. The Bertz CT molecular complexity index is 1010. The molecule has 0 saturated carbocycles. The zero-order valence-electron chi connectivity index (χ0n) is 17.6. The molecular weight excluding hydrogens is 380 g/mol. The number of aromatic nitrogens is 3. The second-order valence-corrected chi connectivity index (χ2v) is 7.02. The Hall–Kier alpha value is -3.68. The second-order valence-electron chi connectivity index (χ2n) is 7.02. The summed E-state index contributed by atoms with van der Waals surface area (Å²) in [5, 5.41) is 16.6. The van der Waals surface area contributed by atoms with Crippen LogP contribution in [0.15, 0.2) is 65.1 Å². The summed E-state index contributed by atoms with van der Waals surface area (Å²) in [6, 6.07) is 15.4. The highest BCUT2D eigenvalue weighted by atomic mass is 16.5. The summed E-state index contributed by atoms with van der Waals surface area (Å²) < 4.78 is 13.1. The van der Waals surface area contributed by atoms with E-state index >= 15 is 0 Å². The third-order valence-electron chi connectivity index (χ3n) is 3.78. The Morgan fingerprint density at radius 1 is 0.867 bits per heavy atom. The fourth-order valence-corrected chi connectivity index (χ4v) is 2.57. The molecule has 0 fully saturated rings. The van der Waals surface area contributed by atoms with Crippen LogP contribution >= 0.6 is 0 Å². The Morgan fingerprint density at radius 2 is 1.43 bits per heavy atom. The van der Waals surface area contributed by atoms with Crippen LogP contribution < -0.4 is 14.9 Å². The Kier molecular flexibility index (Phi) is 7.15. The van der Waals surface area contributed by atoms with E-state index in [2.05, 4.69) is 25.8 Å². The fourth-order valence-electron chi connectivity index (χ4n) is 2.57. The van der Waals surface area contributed by atoms with Crippen molar-refractivity contribution in [2.75, 3.05) is 5.43 Å². The van der Waals surface area contributed by atoms with Crippen LogP contribution in [0.1, 0.15) is 38.8 Å². The number of benzene rings is 2. The van der Waals surface area contributed by atoms with Gasteiger partial charge in [0.25, 0.3) is 5.95 Å². The zero-order chi connectivity index (χ0) is 21.3. The summed E-state index contributed by atoms with van der Waals surface area (Å²) in [5.74, 6) is 1.91. The smallest absolute Gasteiger partial charge is 0.265 e. The first-order valence-electron chi connectivity index (χ1n) is 9.77. The molecule has 8 heteroatoms. The average molecular weight is 406 g/mol. The summed E-state index contributed by atoms with van der Waals surface area (Å²) in [4.78, 5) is 0. The second kappa shape index (κ2) is 10.2. The third kappa shape index (κ3) is 5.91. The minimum atomic E-state index is 0.0728. The summed E-state index contributed by atoms with van der Waals surface area (Å²) in [6.07, 6.45) is 5.01. The van der Waals surface area contributed by atoms with Crippen molar-refractivity contribution in [3.8, 4) is 11.5 Å². The molecule has 1 N–H and O–H groups in total. The van der Waals surface area contributed by atoms with Gasteiger partial charge in [0.1, 0.15) is 17.8 Å². The highest BCUT2D eigenvalue weighted by molar-refractivity contribution is 5.84. The van der Waals surface area contributed by atoms with Gasteiger partial charge in [-0.05, 0) is 52.0 Å². The monoisotopic (exact) mass is 406 g/mol. The summed E-state index contributed by atoms with van der Waals surface area (Å²) in [5.41, 5.74) is 4.57. The molecule has 0 aliphatic heterocycles. The predicted molar refractivity (Wildman–Crippen MR) is 119 cm³/mol. The van der Waals surface area contributed by atoms with Crippen molar-refractivity contribution in [3.05, 3.63) is 66.0 Å². The minimum Gasteiger partial charge on any atom is -0.490 e. The lowest BCUT2D eigenvalue weighted by Gasteiger charge is -2.11. The molecule has 1 aromatic heterocycles. The van der Waals surface area contributed by atoms with Gasteiger partial charge in [-0.3, -0.25) is 0 Å². The summed E-state index contributed by atoms with van der Waals surface area (Å²) in [6.45, 7) is 7.93. The van der Waals surface area contributed by atoms with E-state index in [9.17, 15) is 0 Å². The van der Waals surface area contributed by atoms with Gasteiger partial charge in [0.2, 0.25) is 0 Å². The number of para-hydroxylation sites is 2. The van der Waals surface area contributed by atoms with Gasteiger partial charge in [-0.2, -0.15) is 14.9 Å². The standard InChI is InChI=1S/C22H26N6O2/c1-16(2)29-20-11-7-5-9-18(20)13-23-26-22-27-24-15-28(22)25-14-19-10-6-8-12-21(19)30-17(3)4/h5-17H,1-4H3,(H,26,27). The topological polar surface area (TPSA) is 85.9 Å². The van der Waals surface area contributed by atoms with Gasteiger partial charge in [-0.25, -0.2) is 5.43 Å². The molecule has 3 rings (SSSR count). The maximum Gasteiger partial charge on any atom is 0.265 e. The molecule has 0 aliphatic carbocycles. The summed E-state index contributed by atoms with van der Waals surface area (Å²) >= 11 is 0. The molecule has 0 saturated heterocycles. The van der Waals surface area contributed by atoms with Crippen molar-refractivity contribution in [2.24, 2.45) is 10.2 Å². The van der Waals surface area contributed by atoms with Crippen LogP contribution in [0.2, 0.25) is 0 Å². The maximum absolute atomic E-state index is 5.82. The van der Waals surface area contributed by atoms with Crippen LogP contribution in [-0.4, -0.2) is 39.5 Å². The number of hydrazone groups is 1. The molecule has 30 heavy (non-hydrogen) atoms. The molecule has 0 radical (unpaired) electrons. The van der Waals surface area contributed by atoms with Crippen molar-refractivity contribution in [2.45, 2.75) is 39.9 Å². The van der Waals surface area contributed by atoms with Crippen LogP contribution in [0.3, 0.4) is 0 Å². The molecule has 0 spiro atoms. The Morgan fingerprint density at radius 3 is 2.03 bits per heavy atom. The first-order chi connectivity index (χ1) is 14.5. The molecular formula is C22H26N6O2.